The number of aliphatic hydroxyl groups excluding tert-OH is 1. The lowest BCUT2D eigenvalue weighted by Crippen LogP contribution is -2.53. The minimum absolute atomic E-state index is 0.0632. The van der Waals surface area contributed by atoms with Crippen LogP contribution in [-0.4, -0.2) is 57.0 Å². The molecular formula is C17H20Cl2FN5O3. The first-order valence-corrected chi connectivity index (χ1v) is 9.39. The number of amides is 1. The lowest BCUT2D eigenvalue weighted by molar-refractivity contribution is 0.0473. The summed E-state index contributed by atoms with van der Waals surface area (Å²) < 4.78 is 19.6. The standard InChI is InChI=1S/C17H20Cl2FN5O3/c1-17(2,3)28-16(27)22-8-4-9(26)7-25(6-8)14-10-5-21-13(18)11(20)12(10)23-15(19)24-14/h5,8-9,26H,4,6-7H2,1-3H3,(H,22,27)/t8-,9+/m0/s1. The van der Waals surface area contributed by atoms with Gasteiger partial charge in [0.1, 0.15) is 16.9 Å². The van der Waals surface area contributed by atoms with Crippen molar-refractivity contribution in [3.63, 3.8) is 0 Å². The van der Waals surface area contributed by atoms with E-state index in [1.807, 2.05) is 0 Å². The number of alkyl carbamates (subject to hydrolysis) is 1. The largest absolute Gasteiger partial charge is 0.444 e. The second kappa shape index (κ2) is 7.81. The number of aromatic nitrogens is 3. The van der Waals surface area contributed by atoms with E-state index in [-0.39, 0.29) is 22.5 Å². The lowest BCUT2D eigenvalue weighted by atomic mass is 10.0. The fraction of sp³-hybridized carbons (Fsp3) is 0.529. The van der Waals surface area contributed by atoms with Crippen LogP contribution in [0.2, 0.25) is 10.4 Å². The molecule has 0 unspecified atom stereocenters. The Bertz CT molecular complexity index is 908. The Hall–Kier alpha value is -1.97. The maximum atomic E-state index is 14.3. The van der Waals surface area contributed by atoms with Crippen LogP contribution in [0.5, 0.6) is 0 Å². The predicted octanol–water partition coefficient (Wildman–Crippen LogP) is 2.94. The van der Waals surface area contributed by atoms with Gasteiger partial charge in [-0.15, -0.1) is 0 Å². The van der Waals surface area contributed by atoms with Gasteiger partial charge in [-0.2, -0.15) is 4.98 Å². The SMILES string of the molecule is CC(C)(C)OC(=O)N[C@H]1C[C@@H](O)CN(c2nc(Cl)nc3c(F)c(Cl)ncc23)C1. The molecule has 28 heavy (non-hydrogen) atoms. The highest BCUT2D eigenvalue weighted by Crippen LogP contribution is 2.30. The Morgan fingerprint density at radius 3 is 2.75 bits per heavy atom. The fourth-order valence-electron chi connectivity index (χ4n) is 3.06. The molecule has 1 amide bonds. The Morgan fingerprint density at radius 2 is 2.07 bits per heavy atom. The Morgan fingerprint density at radius 1 is 1.36 bits per heavy atom. The number of fused-ring (bicyclic) bond motifs is 1. The van der Waals surface area contributed by atoms with Crippen molar-refractivity contribution in [3.8, 4) is 0 Å². The summed E-state index contributed by atoms with van der Waals surface area (Å²) in [6, 6.07) is -0.410. The number of hydrogen-bond acceptors (Lipinski definition) is 7. The molecule has 1 saturated heterocycles. The maximum absolute atomic E-state index is 14.3. The first kappa shape index (κ1) is 20.8. The van der Waals surface area contributed by atoms with E-state index in [4.69, 9.17) is 27.9 Å². The first-order valence-electron chi connectivity index (χ1n) is 8.63. The molecule has 11 heteroatoms. The van der Waals surface area contributed by atoms with E-state index in [0.29, 0.717) is 24.2 Å². The van der Waals surface area contributed by atoms with E-state index in [0.717, 1.165) is 0 Å². The third-order valence-electron chi connectivity index (χ3n) is 4.04. The summed E-state index contributed by atoms with van der Waals surface area (Å²) in [4.78, 5) is 25.6. The van der Waals surface area contributed by atoms with Gasteiger partial charge in [0, 0.05) is 19.3 Å². The number of carbonyl (C=O) groups is 1. The topological polar surface area (TPSA) is 100 Å². The zero-order valence-electron chi connectivity index (χ0n) is 15.5. The van der Waals surface area contributed by atoms with Gasteiger partial charge >= 0.3 is 6.09 Å². The molecule has 0 saturated carbocycles. The highest BCUT2D eigenvalue weighted by atomic mass is 35.5. The molecule has 1 aliphatic heterocycles. The van der Waals surface area contributed by atoms with Crippen molar-refractivity contribution in [3.05, 3.63) is 22.5 Å². The van der Waals surface area contributed by atoms with Gasteiger partial charge in [-0.1, -0.05) is 11.6 Å². The van der Waals surface area contributed by atoms with E-state index in [2.05, 4.69) is 20.3 Å². The number of pyridine rings is 1. The van der Waals surface area contributed by atoms with Gasteiger partial charge in [-0.25, -0.2) is 19.2 Å². The molecule has 8 nitrogen and oxygen atoms in total. The number of ether oxygens (including phenoxy) is 1. The van der Waals surface area contributed by atoms with E-state index in [9.17, 15) is 14.3 Å². The number of aliphatic hydroxyl groups is 1. The molecule has 2 aromatic heterocycles. The number of rotatable bonds is 2. The predicted molar refractivity (Wildman–Crippen MR) is 103 cm³/mol. The van der Waals surface area contributed by atoms with Crippen LogP contribution in [0, 0.1) is 5.82 Å². The molecule has 1 aliphatic rings. The minimum atomic E-state index is -0.800. The zero-order valence-corrected chi connectivity index (χ0v) is 17.1. The molecule has 0 aliphatic carbocycles. The number of piperidine rings is 1. The van der Waals surface area contributed by atoms with Crippen LogP contribution in [0.3, 0.4) is 0 Å². The molecular weight excluding hydrogens is 412 g/mol. The summed E-state index contributed by atoms with van der Waals surface area (Å²) in [5.74, 6) is -0.501. The number of β-amino-alcohol motifs (C(OH)–C–C–N with tert-alkyl or cyclic N) is 1. The van der Waals surface area contributed by atoms with Crippen molar-refractivity contribution >= 4 is 46.0 Å². The van der Waals surface area contributed by atoms with Crippen molar-refractivity contribution in [2.75, 3.05) is 18.0 Å². The molecule has 0 spiro atoms. The second-order valence-corrected chi connectivity index (χ2v) is 8.28. The van der Waals surface area contributed by atoms with Gasteiger partial charge in [0.2, 0.25) is 5.28 Å². The van der Waals surface area contributed by atoms with Crippen molar-refractivity contribution < 1.29 is 19.0 Å². The highest BCUT2D eigenvalue weighted by Gasteiger charge is 2.31. The summed E-state index contributed by atoms with van der Waals surface area (Å²) in [6.07, 6.45) is 0.355. The van der Waals surface area contributed by atoms with E-state index in [1.165, 1.54) is 6.20 Å². The van der Waals surface area contributed by atoms with E-state index >= 15 is 0 Å². The summed E-state index contributed by atoms with van der Waals surface area (Å²) in [7, 11) is 0. The zero-order chi connectivity index (χ0) is 20.6. The van der Waals surface area contributed by atoms with Gasteiger partial charge in [0.25, 0.3) is 0 Å². The van der Waals surface area contributed by atoms with Crippen LogP contribution in [0.15, 0.2) is 6.20 Å². The Kier molecular flexibility index (Phi) is 5.79. The summed E-state index contributed by atoms with van der Waals surface area (Å²) in [6.45, 7) is 5.81. The van der Waals surface area contributed by atoms with Gasteiger partial charge in [-0.3, -0.25) is 0 Å². The van der Waals surface area contributed by atoms with E-state index < -0.39 is 29.7 Å². The highest BCUT2D eigenvalue weighted by molar-refractivity contribution is 6.30. The lowest BCUT2D eigenvalue weighted by Gasteiger charge is -2.37. The minimum Gasteiger partial charge on any atom is -0.444 e. The second-order valence-electron chi connectivity index (χ2n) is 7.58. The molecule has 3 heterocycles. The van der Waals surface area contributed by atoms with Gasteiger partial charge in [0.05, 0.1) is 17.5 Å². The van der Waals surface area contributed by atoms with Crippen LogP contribution < -0.4 is 10.2 Å². The summed E-state index contributed by atoms with van der Waals surface area (Å²) >= 11 is 11.7. The average Bonchev–Trinajstić information content (AvgIpc) is 2.55. The molecule has 2 aromatic rings. The Labute approximate surface area is 171 Å². The smallest absolute Gasteiger partial charge is 0.407 e. The summed E-state index contributed by atoms with van der Waals surface area (Å²) in [5, 5.41) is 12.8. The van der Waals surface area contributed by atoms with Crippen molar-refractivity contribution in [2.24, 2.45) is 0 Å². The maximum Gasteiger partial charge on any atom is 0.407 e. The molecule has 2 N–H and O–H groups in total. The van der Waals surface area contributed by atoms with Crippen LogP contribution in [0.25, 0.3) is 10.9 Å². The Balaban J connectivity index is 1.89. The van der Waals surface area contributed by atoms with Gasteiger partial charge < -0.3 is 20.1 Å². The van der Waals surface area contributed by atoms with Crippen molar-refractivity contribution in [1.82, 2.24) is 20.3 Å². The molecule has 3 rings (SSSR count). The number of carbonyl (C=O) groups excluding carboxylic acids is 1. The van der Waals surface area contributed by atoms with Crippen molar-refractivity contribution in [2.45, 2.75) is 44.9 Å². The third-order valence-corrected chi connectivity index (χ3v) is 4.48. The molecule has 2 atom stereocenters. The van der Waals surface area contributed by atoms with Crippen LogP contribution in [-0.2, 0) is 4.74 Å². The summed E-state index contributed by atoms with van der Waals surface area (Å²) in [5.41, 5.74) is -0.706. The quantitative estimate of drug-likeness (QED) is 0.556. The van der Waals surface area contributed by atoms with Gasteiger partial charge in [-0.05, 0) is 38.8 Å². The normalized spacial score (nSPS) is 20.3. The van der Waals surface area contributed by atoms with Gasteiger partial charge in [0.15, 0.2) is 11.0 Å². The number of halogens is 3. The average molecular weight is 432 g/mol. The monoisotopic (exact) mass is 431 g/mol. The van der Waals surface area contributed by atoms with Crippen LogP contribution in [0.4, 0.5) is 15.0 Å². The molecule has 152 valence electrons. The first-order chi connectivity index (χ1) is 13.0. The van der Waals surface area contributed by atoms with Crippen LogP contribution >= 0.6 is 23.2 Å². The van der Waals surface area contributed by atoms with E-state index in [1.54, 1.807) is 25.7 Å². The van der Waals surface area contributed by atoms with Crippen molar-refractivity contribution in [1.29, 1.82) is 0 Å². The number of nitrogens with one attached hydrogen (secondary N) is 1. The fourth-order valence-corrected chi connectivity index (χ4v) is 3.36. The molecule has 0 bridgehead atoms. The van der Waals surface area contributed by atoms with Crippen LogP contribution in [0.1, 0.15) is 27.2 Å². The number of hydrogen-bond donors (Lipinski definition) is 2. The molecule has 1 fully saturated rings. The number of anilines is 1. The molecule has 0 radical (unpaired) electrons. The number of nitrogens with zero attached hydrogens (tertiary/aromatic N) is 4. The third kappa shape index (κ3) is 4.71. The molecule has 0 aromatic carbocycles.